The van der Waals surface area contributed by atoms with Gasteiger partial charge in [-0.15, -0.1) is 0 Å². The zero-order valence-electron chi connectivity index (χ0n) is 11.7. The number of hydrogen-bond donors (Lipinski definition) is 2. The van der Waals surface area contributed by atoms with Crippen molar-refractivity contribution in [3.63, 3.8) is 0 Å². The second-order valence-electron chi connectivity index (χ2n) is 4.90. The van der Waals surface area contributed by atoms with E-state index in [1.807, 2.05) is 0 Å². The van der Waals surface area contributed by atoms with Crippen molar-refractivity contribution in [2.45, 2.75) is 30.3 Å². The van der Waals surface area contributed by atoms with Crippen LogP contribution in [0.3, 0.4) is 0 Å². The van der Waals surface area contributed by atoms with Crippen molar-refractivity contribution in [1.29, 1.82) is 0 Å². The summed E-state index contributed by atoms with van der Waals surface area (Å²) >= 11 is 12.3. The quantitative estimate of drug-likeness (QED) is 0.852. The zero-order valence-corrected chi connectivity index (χ0v) is 14.0. The van der Waals surface area contributed by atoms with E-state index in [0.717, 1.165) is 12.8 Å². The number of ether oxygens (including phenoxy) is 1. The number of nitrogens with one attached hydrogen (secondary N) is 2. The Morgan fingerprint density at radius 3 is 2.76 bits per heavy atom. The molecule has 1 atom stereocenters. The molecule has 2 N–H and O–H groups in total. The maximum atomic E-state index is 12.5. The minimum atomic E-state index is -3.70. The van der Waals surface area contributed by atoms with Gasteiger partial charge in [-0.2, -0.15) is 0 Å². The number of benzene rings is 1. The monoisotopic (exact) mass is 352 g/mol. The van der Waals surface area contributed by atoms with Crippen LogP contribution >= 0.6 is 23.2 Å². The molecule has 1 aromatic carbocycles. The summed E-state index contributed by atoms with van der Waals surface area (Å²) in [5.74, 6) is 0. The van der Waals surface area contributed by atoms with E-state index >= 15 is 0 Å². The highest BCUT2D eigenvalue weighted by atomic mass is 35.5. The van der Waals surface area contributed by atoms with Crippen LogP contribution < -0.4 is 10.0 Å². The van der Waals surface area contributed by atoms with Gasteiger partial charge in [0.1, 0.15) is 4.90 Å². The molecule has 1 aliphatic heterocycles. The van der Waals surface area contributed by atoms with Crippen molar-refractivity contribution in [2.75, 3.05) is 20.3 Å². The first-order valence-corrected chi connectivity index (χ1v) is 8.91. The van der Waals surface area contributed by atoms with Crippen molar-refractivity contribution >= 4 is 33.2 Å². The SMILES string of the molecule is CNCc1c(Cl)ccc(S(=O)(=O)NC2CCCOC2)c1Cl. The molecule has 118 valence electrons. The molecule has 0 radical (unpaired) electrons. The van der Waals surface area contributed by atoms with E-state index in [1.54, 1.807) is 13.1 Å². The molecule has 0 aliphatic carbocycles. The average molecular weight is 353 g/mol. The standard InChI is InChI=1S/C13H18Cl2N2O3S/c1-16-7-10-11(14)4-5-12(13(10)15)21(18,19)17-9-3-2-6-20-8-9/h4-5,9,16-17H,2-3,6-8H2,1H3. The van der Waals surface area contributed by atoms with Crippen LogP contribution in [0.2, 0.25) is 10.0 Å². The van der Waals surface area contributed by atoms with E-state index in [9.17, 15) is 8.42 Å². The van der Waals surface area contributed by atoms with Gasteiger partial charge < -0.3 is 10.1 Å². The minimum Gasteiger partial charge on any atom is -0.380 e. The molecule has 8 heteroatoms. The van der Waals surface area contributed by atoms with Crippen LogP contribution in [-0.2, 0) is 21.3 Å². The summed E-state index contributed by atoms with van der Waals surface area (Å²) in [5, 5.41) is 3.51. The topological polar surface area (TPSA) is 67.4 Å². The summed E-state index contributed by atoms with van der Waals surface area (Å²) in [6, 6.07) is 2.75. The van der Waals surface area contributed by atoms with Crippen LogP contribution in [0.15, 0.2) is 17.0 Å². The highest BCUT2D eigenvalue weighted by molar-refractivity contribution is 7.89. The summed E-state index contributed by atoms with van der Waals surface area (Å²) in [6.07, 6.45) is 1.60. The van der Waals surface area contributed by atoms with Gasteiger partial charge in [-0.1, -0.05) is 23.2 Å². The molecule has 0 aromatic heterocycles. The molecule has 1 aromatic rings. The van der Waals surface area contributed by atoms with Crippen molar-refractivity contribution in [1.82, 2.24) is 10.0 Å². The molecule has 21 heavy (non-hydrogen) atoms. The Kier molecular flexibility index (Phi) is 5.88. The molecule has 0 spiro atoms. The minimum absolute atomic E-state index is 0.0457. The third-order valence-electron chi connectivity index (χ3n) is 3.28. The first-order chi connectivity index (χ1) is 9.95. The van der Waals surface area contributed by atoms with Crippen molar-refractivity contribution < 1.29 is 13.2 Å². The molecule has 1 fully saturated rings. The number of halogens is 2. The van der Waals surface area contributed by atoms with Gasteiger partial charge in [0.25, 0.3) is 0 Å². The molecule has 1 saturated heterocycles. The molecule has 0 amide bonds. The lowest BCUT2D eigenvalue weighted by Gasteiger charge is -2.23. The third kappa shape index (κ3) is 4.09. The highest BCUT2D eigenvalue weighted by Gasteiger charge is 2.25. The molecule has 2 rings (SSSR count). The summed E-state index contributed by atoms with van der Waals surface area (Å²) in [5.41, 5.74) is 0.573. The second kappa shape index (κ2) is 7.26. The van der Waals surface area contributed by atoms with Gasteiger partial charge in [0.2, 0.25) is 10.0 Å². The summed E-state index contributed by atoms with van der Waals surface area (Å²) in [4.78, 5) is 0.0457. The van der Waals surface area contributed by atoms with Crippen LogP contribution in [0.4, 0.5) is 0 Å². The van der Waals surface area contributed by atoms with E-state index in [2.05, 4.69) is 10.0 Å². The summed E-state index contributed by atoms with van der Waals surface area (Å²) in [7, 11) is -1.95. The van der Waals surface area contributed by atoms with Gasteiger partial charge in [0.05, 0.1) is 11.6 Å². The lowest BCUT2D eigenvalue weighted by atomic mass is 10.1. The molecule has 0 saturated carbocycles. The summed E-state index contributed by atoms with van der Waals surface area (Å²) < 4.78 is 32.9. The van der Waals surface area contributed by atoms with Gasteiger partial charge in [-0.3, -0.25) is 0 Å². The Balaban J connectivity index is 2.29. The van der Waals surface area contributed by atoms with Crippen LogP contribution in [0.25, 0.3) is 0 Å². The molecule has 1 aliphatic rings. The fraction of sp³-hybridized carbons (Fsp3) is 0.538. The fourth-order valence-electron chi connectivity index (χ4n) is 2.24. The molecular formula is C13H18Cl2N2O3S. The largest absolute Gasteiger partial charge is 0.380 e. The summed E-state index contributed by atoms with van der Waals surface area (Å²) in [6.45, 7) is 1.45. The van der Waals surface area contributed by atoms with Gasteiger partial charge in [-0.05, 0) is 32.0 Å². The van der Waals surface area contributed by atoms with Crippen LogP contribution in [0, 0.1) is 0 Å². The molecule has 1 heterocycles. The maximum Gasteiger partial charge on any atom is 0.242 e. The van der Waals surface area contributed by atoms with E-state index in [4.69, 9.17) is 27.9 Å². The van der Waals surface area contributed by atoms with Crippen molar-refractivity contribution in [3.05, 3.63) is 27.7 Å². The van der Waals surface area contributed by atoms with E-state index < -0.39 is 10.0 Å². The Morgan fingerprint density at radius 2 is 2.14 bits per heavy atom. The van der Waals surface area contributed by atoms with Gasteiger partial charge in [0.15, 0.2) is 0 Å². The lowest BCUT2D eigenvalue weighted by Crippen LogP contribution is -2.40. The molecule has 1 unspecified atom stereocenters. The van der Waals surface area contributed by atoms with E-state index in [0.29, 0.717) is 30.3 Å². The lowest BCUT2D eigenvalue weighted by molar-refractivity contribution is 0.0774. The first-order valence-electron chi connectivity index (χ1n) is 6.67. The Morgan fingerprint density at radius 1 is 1.38 bits per heavy atom. The number of hydrogen-bond acceptors (Lipinski definition) is 4. The van der Waals surface area contributed by atoms with Gasteiger partial charge in [-0.25, -0.2) is 13.1 Å². The van der Waals surface area contributed by atoms with Crippen molar-refractivity contribution in [3.8, 4) is 0 Å². The molecule has 0 bridgehead atoms. The van der Waals surface area contributed by atoms with Crippen molar-refractivity contribution in [2.24, 2.45) is 0 Å². The number of sulfonamides is 1. The predicted molar refractivity (Wildman–Crippen MR) is 83.4 cm³/mol. The smallest absolute Gasteiger partial charge is 0.242 e. The van der Waals surface area contributed by atoms with Crippen LogP contribution in [0.5, 0.6) is 0 Å². The van der Waals surface area contributed by atoms with Gasteiger partial charge >= 0.3 is 0 Å². The van der Waals surface area contributed by atoms with Gasteiger partial charge in [0, 0.05) is 29.8 Å². The highest BCUT2D eigenvalue weighted by Crippen LogP contribution is 2.31. The zero-order chi connectivity index (χ0) is 15.5. The van der Waals surface area contributed by atoms with E-state index in [1.165, 1.54) is 6.07 Å². The fourth-order valence-corrected chi connectivity index (χ4v) is 4.41. The average Bonchev–Trinajstić information content (AvgIpc) is 2.43. The predicted octanol–water partition coefficient (Wildman–Crippen LogP) is 2.17. The second-order valence-corrected chi connectivity index (χ2v) is 7.37. The Hall–Kier alpha value is -0.370. The Bertz CT molecular complexity index is 602. The van der Waals surface area contributed by atoms with Crippen LogP contribution in [0.1, 0.15) is 18.4 Å². The van der Waals surface area contributed by atoms with Crippen LogP contribution in [-0.4, -0.2) is 34.7 Å². The Labute approximate surface area is 135 Å². The first kappa shape index (κ1) is 17.0. The van der Waals surface area contributed by atoms with E-state index in [-0.39, 0.29) is 16.0 Å². The maximum absolute atomic E-state index is 12.5. The molecular weight excluding hydrogens is 335 g/mol. The number of rotatable bonds is 5. The normalized spacial score (nSPS) is 19.7. The third-order valence-corrected chi connectivity index (χ3v) is 5.74. The molecule has 5 nitrogen and oxygen atoms in total.